The molecule has 4 atom stereocenters. The van der Waals surface area contributed by atoms with Crippen LogP contribution >= 0.6 is 0 Å². The lowest BCUT2D eigenvalue weighted by molar-refractivity contribution is -0.178. The number of nitrogens with zero attached hydrogens (tertiary/aromatic N) is 1. The topological polar surface area (TPSA) is 90.9 Å². The third kappa shape index (κ3) is 3.25. The van der Waals surface area contributed by atoms with E-state index in [1.54, 1.807) is 7.11 Å². The number of nitrogens with one attached hydrogen (secondary N) is 2. The molecule has 182 valence electrons. The Morgan fingerprint density at radius 1 is 1.14 bits per heavy atom. The van der Waals surface area contributed by atoms with Crippen molar-refractivity contribution < 1.29 is 19.4 Å². The van der Waals surface area contributed by atoms with E-state index in [-0.39, 0.29) is 11.9 Å². The standard InChI is InChI=1S/C28H31N3O4/c1-35-21-10-9-20-16-23-28(34)12-11-27(24(32)29-25(33)30-27)18-26(28,22(20)17-21)13-15-31(23)14-5-8-19-6-3-2-4-7-19/h2-10,17,23,34H,11-16,18H2,1H3,(H2,29,30,32,33)/t23-,26-,27+,28-/m1/s1. The van der Waals surface area contributed by atoms with Crippen LogP contribution < -0.4 is 15.4 Å². The molecule has 7 nitrogen and oxygen atoms in total. The number of aliphatic hydroxyl groups is 1. The molecule has 2 aliphatic carbocycles. The zero-order valence-corrected chi connectivity index (χ0v) is 19.9. The number of methoxy groups -OCH3 is 1. The maximum atomic E-state index is 13.0. The van der Waals surface area contributed by atoms with Crippen LogP contribution in [-0.4, -0.2) is 59.3 Å². The molecule has 2 aromatic carbocycles. The molecule has 0 radical (unpaired) electrons. The van der Waals surface area contributed by atoms with Gasteiger partial charge in [-0.05, 0) is 67.5 Å². The first-order chi connectivity index (χ1) is 16.9. The van der Waals surface area contributed by atoms with Gasteiger partial charge < -0.3 is 15.2 Å². The molecule has 2 aliphatic heterocycles. The van der Waals surface area contributed by atoms with E-state index in [4.69, 9.17) is 4.74 Å². The van der Waals surface area contributed by atoms with E-state index in [1.807, 2.05) is 30.3 Å². The Labute approximate surface area is 205 Å². The average molecular weight is 474 g/mol. The first-order valence-corrected chi connectivity index (χ1v) is 12.4. The van der Waals surface area contributed by atoms with E-state index >= 15 is 0 Å². The van der Waals surface area contributed by atoms with Crippen LogP contribution in [0.15, 0.2) is 54.6 Å². The highest BCUT2D eigenvalue weighted by Gasteiger charge is 2.69. The highest BCUT2D eigenvalue weighted by atomic mass is 16.5. The predicted molar refractivity (Wildman–Crippen MR) is 132 cm³/mol. The molecule has 7 heteroatoms. The summed E-state index contributed by atoms with van der Waals surface area (Å²) in [5.74, 6) is 0.463. The fourth-order valence-corrected chi connectivity index (χ4v) is 7.19. The van der Waals surface area contributed by atoms with E-state index in [1.165, 1.54) is 5.56 Å². The molecule has 0 aromatic heterocycles. The van der Waals surface area contributed by atoms with Crippen LogP contribution in [0.4, 0.5) is 4.79 Å². The summed E-state index contributed by atoms with van der Waals surface area (Å²) in [6.07, 6.45) is 6.99. The van der Waals surface area contributed by atoms with E-state index < -0.39 is 22.6 Å². The number of carbonyl (C=O) groups is 2. The number of rotatable bonds is 4. The fourth-order valence-electron chi connectivity index (χ4n) is 7.19. The molecule has 1 spiro atoms. The first-order valence-electron chi connectivity index (χ1n) is 12.4. The molecule has 0 unspecified atom stereocenters. The van der Waals surface area contributed by atoms with Gasteiger partial charge in [0.1, 0.15) is 11.3 Å². The second-order valence-corrected chi connectivity index (χ2v) is 10.5. The van der Waals surface area contributed by atoms with Gasteiger partial charge in [0.05, 0.1) is 12.7 Å². The number of likely N-dealkylation sites (tertiary alicyclic amines) is 1. The predicted octanol–water partition coefficient (Wildman–Crippen LogP) is 2.77. The molecule has 3 fully saturated rings. The van der Waals surface area contributed by atoms with Crippen LogP contribution in [0, 0.1) is 0 Å². The molecule has 2 saturated heterocycles. The van der Waals surface area contributed by atoms with Crippen molar-refractivity contribution in [3.63, 3.8) is 0 Å². The van der Waals surface area contributed by atoms with Gasteiger partial charge >= 0.3 is 6.03 Å². The van der Waals surface area contributed by atoms with Gasteiger partial charge in [-0.2, -0.15) is 0 Å². The minimum Gasteiger partial charge on any atom is -0.497 e. The van der Waals surface area contributed by atoms with Gasteiger partial charge in [-0.1, -0.05) is 48.6 Å². The third-order valence-corrected chi connectivity index (χ3v) is 8.89. The summed E-state index contributed by atoms with van der Waals surface area (Å²) in [6, 6.07) is 15.8. The molecule has 35 heavy (non-hydrogen) atoms. The first kappa shape index (κ1) is 22.3. The van der Waals surface area contributed by atoms with E-state index in [9.17, 15) is 14.7 Å². The highest BCUT2D eigenvalue weighted by Crippen LogP contribution is 2.60. The Kier molecular flexibility index (Phi) is 5.06. The minimum absolute atomic E-state index is 0.0740. The molecule has 2 aromatic rings. The van der Waals surface area contributed by atoms with Crippen LogP contribution in [0.5, 0.6) is 5.75 Å². The molecule has 1 saturated carbocycles. The molecule has 4 aliphatic rings. The molecule has 6 rings (SSSR count). The van der Waals surface area contributed by atoms with E-state index in [2.05, 4.69) is 45.9 Å². The lowest BCUT2D eigenvalue weighted by atomic mass is 9.46. The SMILES string of the molecule is COc1ccc2c(c1)[C@]13CCN(CC=Cc4ccccc4)[C@H](C2)[C@]1(O)CC[C@@]1(C3)NC(=O)NC1=O. The van der Waals surface area contributed by atoms with Crippen molar-refractivity contribution >= 4 is 18.0 Å². The number of hydrogen-bond donors (Lipinski definition) is 3. The van der Waals surface area contributed by atoms with Crippen LogP contribution in [0.25, 0.3) is 6.08 Å². The number of piperidine rings is 1. The van der Waals surface area contributed by atoms with Crippen molar-refractivity contribution in [3.05, 3.63) is 71.3 Å². The van der Waals surface area contributed by atoms with Crippen LogP contribution in [0.2, 0.25) is 0 Å². The summed E-state index contributed by atoms with van der Waals surface area (Å²) < 4.78 is 5.55. The number of hydrogen-bond acceptors (Lipinski definition) is 5. The van der Waals surface area contributed by atoms with Crippen molar-refractivity contribution in [3.8, 4) is 5.75 Å². The third-order valence-electron chi connectivity index (χ3n) is 8.89. The average Bonchev–Trinajstić information content (AvgIpc) is 3.13. The quantitative estimate of drug-likeness (QED) is 0.594. The summed E-state index contributed by atoms with van der Waals surface area (Å²) in [7, 11) is 1.64. The number of amides is 3. The van der Waals surface area contributed by atoms with E-state index in [0.29, 0.717) is 25.7 Å². The summed E-state index contributed by atoms with van der Waals surface area (Å²) in [4.78, 5) is 27.5. The number of urea groups is 1. The summed E-state index contributed by atoms with van der Waals surface area (Å²) in [5, 5.41) is 17.9. The second kappa shape index (κ2) is 7.93. The fraction of sp³-hybridized carbons (Fsp3) is 0.429. The summed E-state index contributed by atoms with van der Waals surface area (Å²) in [5.41, 5.74) is 0.751. The van der Waals surface area contributed by atoms with Crippen LogP contribution in [-0.2, 0) is 16.6 Å². The summed E-state index contributed by atoms with van der Waals surface area (Å²) >= 11 is 0. The highest BCUT2D eigenvalue weighted by molar-refractivity contribution is 6.07. The monoisotopic (exact) mass is 473 g/mol. The van der Waals surface area contributed by atoms with Crippen molar-refractivity contribution in [2.75, 3.05) is 20.2 Å². The maximum Gasteiger partial charge on any atom is 0.322 e. The minimum atomic E-state index is -1.01. The molecule has 3 N–H and O–H groups in total. The molecule has 2 bridgehead atoms. The van der Waals surface area contributed by atoms with Gasteiger partial charge in [0.25, 0.3) is 5.91 Å². The Hall–Kier alpha value is -3.16. The van der Waals surface area contributed by atoms with Gasteiger partial charge in [-0.15, -0.1) is 0 Å². The van der Waals surface area contributed by atoms with Crippen LogP contribution in [0.3, 0.4) is 0 Å². The number of ether oxygens (including phenoxy) is 1. The van der Waals surface area contributed by atoms with Crippen LogP contribution in [0.1, 0.15) is 42.4 Å². The van der Waals surface area contributed by atoms with Gasteiger partial charge in [0.2, 0.25) is 0 Å². The maximum absolute atomic E-state index is 13.0. The Balaban J connectivity index is 1.39. The lowest BCUT2D eigenvalue weighted by Gasteiger charge is -2.65. The van der Waals surface area contributed by atoms with Crippen molar-refractivity contribution in [2.24, 2.45) is 0 Å². The second-order valence-electron chi connectivity index (χ2n) is 10.5. The largest absolute Gasteiger partial charge is 0.497 e. The van der Waals surface area contributed by atoms with E-state index in [0.717, 1.165) is 36.4 Å². The molecular weight excluding hydrogens is 442 g/mol. The number of benzene rings is 2. The Morgan fingerprint density at radius 3 is 2.71 bits per heavy atom. The molecule has 3 amide bonds. The van der Waals surface area contributed by atoms with Gasteiger partial charge in [-0.25, -0.2) is 4.79 Å². The number of carbonyl (C=O) groups excluding carboxylic acids is 2. The number of fused-ring (bicyclic) bond motifs is 1. The molecule has 2 heterocycles. The van der Waals surface area contributed by atoms with Crippen molar-refractivity contribution in [1.82, 2.24) is 15.5 Å². The smallest absolute Gasteiger partial charge is 0.322 e. The van der Waals surface area contributed by atoms with Gasteiger partial charge in [-0.3, -0.25) is 15.0 Å². The van der Waals surface area contributed by atoms with Gasteiger partial charge in [0.15, 0.2) is 0 Å². The molecular formula is C28H31N3O4. The lowest BCUT2D eigenvalue weighted by Crippen LogP contribution is -2.76. The van der Waals surface area contributed by atoms with Crippen molar-refractivity contribution in [2.45, 2.75) is 54.7 Å². The Morgan fingerprint density at radius 2 is 1.97 bits per heavy atom. The van der Waals surface area contributed by atoms with Gasteiger partial charge in [0, 0.05) is 18.0 Å². The Bertz CT molecular complexity index is 1210. The normalized spacial score (nSPS) is 33.8. The number of imide groups is 1. The van der Waals surface area contributed by atoms with Crippen molar-refractivity contribution in [1.29, 1.82) is 0 Å². The zero-order valence-electron chi connectivity index (χ0n) is 19.9. The zero-order chi connectivity index (χ0) is 24.3. The summed E-state index contributed by atoms with van der Waals surface area (Å²) in [6.45, 7) is 1.54.